The molecule has 1 heterocycles. The van der Waals surface area contributed by atoms with Crippen molar-refractivity contribution in [3.8, 4) is 0 Å². The average molecular weight is 297 g/mol. The van der Waals surface area contributed by atoms with Gasteiger partial charge < -0.3 is 15.2 Å². The van der Waals surface area contributed by atoms with Crippen molar-refractivity contribution in [2.75, 3.05) is 20.3 Å². The number of carbonyl (C=O) groups is 1. The van der Waals surface area contributed by atoms with Gasteiger partial charge in [-0.2, -0.15) is 5.10 Å². The number of hydrogen-bond donors (Lipinski definition) is 2. The van der Waals surface area contributed by atoms with Gasteiger partial charge in [0.25, 0.3) is 0 Å². The number of methoxy groups -OCH3 is 1. The number of carboxylic acid groups (broad SMARTS) is 1. The highest BCUT2D eigenvalue weighted by Gasteiger charge is 2.18. The fourth-order valence-corrected chi connectivity index (χ4v) is 2.29. The van der Waals surface area contributed by atoms with Crippen LogP contribution in [0.4, 0.5) is 0 Å². The van der Waals surface area contributed by atoms with E-state index >= 15 is 0 Å². The Labute approximate surface area is 126 Å². The predicted molar refractivity (Wildman–Crippen MR) is 81.0 cm³/mol. The maximum atomic E-state index is 11.2. The number of ether oxygens (including phenoxy) is 1. The maximum absolute atomic E-state index is 11.2. The molecule has 0 aliphatic rings. The van der Waals surface area contributed by atoms with Crippen LogP contribution in [0.15, 0.2) is 12.3 Å². The van der Waals surface area contributed by atoms with Crippen LogP contribution in [-0.4, -0.2) is 41.1 Å². The zero-order valence-electron chi connectivity index (χ0n) is 13.2. The quantitative estimate of drug-likeness (QED) is 0.609. The minimum atomic E-state index is -0.732. The van der Waals surface area contributed by atoms with Crippen molar-refractivity contribution in [2.24, 2.45) is 11.8 Å². The van der Waals surface area contributed by atoms with Crippen molar-refractivity contribution >= 4 is 5.97 Å². The summed E-state index contributed by atoms with van der Waals surface area (Å²) in [6, 6.07) is 1.96. The Hall–Kier alpha value is -1.40. The highest BCUT2D eigenvalue weighted by Crippen LogP contribution is 2.11. The molecule has 0 saturated heterocycles. The first kappa shape index (κ1) is 17.7. The molecule has 0 aliphatic heterocycles. The first-order chi connectivity index (χ1) is 10.0. The number of aromatic nitrogens is 2. The summed E-state index contributed by atoms with van der Waals surface area (Å²) in [6.45, 7) is 6.72. The third-order valence-corrected chi connectivity index (χ3v) is 3.32. The lowest BCUT2D eigenvalue weighted by atomic mass is 9.97. The topological polar surface area (TPSA) is 76.4 Å². The van der Waals surface area contributed by atoms with Crippen LogP contribution in [0.25, 0.3) is 0 Å². The number of hydrogen-bond acceptors (Lipinski definition) is 4. The molecule has 0 saturated carbocycles. The van der Waals surface area contributed by atoms with Crippen molar-refractivity contribution in [3.05, 3.63) is 18.0 Å². The summed E-state index contributed by atoms with van der Waals surface area (Å²) in [5, 5.41) is 16.7. The molecular formula is C15H27N3O3. The zero-order valence-corrected chi connectivity index (χ0v) is 13.2. The van der Waals surface area contributed by atoms with Gasteiger partial charge in [0.1, 0.15) is 0 Å². The molecule has 120 valence electrons. The lowest BCUT2D eigenvalue weighted by Crippen LogP contribution is -2.30. The lowest BCUT2D eigenvalue weighted by molar-refractivity contribution is -0.142. The standard InChI is InChI=1S/C15H27N3O3/c1-12(2)9-13(15(19)20)10-16-11-14-5-6-17-18(14)7-4-8-21-3/h5-6,12-13,16H,4,7-11H2,1-3H3,(H,19,20). The lowest BCUT2D eigenvalue weighted by Gasteiger charge is -2.15. The van der Waals surface area contributed by atoms with Gasteiger partial charge in [-0.25, -0.2) is 0 Å². The largest absolute Gasteiger partial charge is 0.481 e. The molecule has 21 heavy (non-hydrogen) atoms. The number of nitrogens with zero attached hydrogens (tertiary/aromatic N) is 2. The molecule has 1 aromatic heterocycles. The van der Waals surface area contributed by atoms with E-state index in [0.29, 0.717) is 32.0 Å². The summed E-state index contributed by atoms with van der Waals surface area (Å²) < 4.78 is 6.97. The first-order valence-corrected chi connectivity index (χ1v) is 7.47. The van der Waals surface area contributed by atoms with Crippen LogP contribution in [0.2, 0.25) is 0 Å². The summed E-state index contributed by atoms with van der Waals surface area (Å²) >= 11 is 0. The Morgan fingerprint density at radius 1 is 1.52 bits per heavy atom. The normalized spacial score (nSPS) is 12.8. The maximum Gasteiger partial charge on any atom is 0.307 e. The molecule has 0 fully saturated rings. The second kappa shape index (κ2) is 9.52. The molecule has 0 amide bonds. The van der Waals surface area contributed by atoms with E-state index in [9.17, 15) is 9.90 Å². The van der Waals surface area contributed by atoms with Gasteiger partial charge in [0.2, 0.25) is 0 Å². The van der Waals surface area contributed by atoms with Gasteiger partial charge in [0.15, 0.2) is 0 Å². The van der Waals surface area contributed by atoms with Crippen LogP contribution in [0.3, 0.4) is 0 Å². The van der Waals surface area contributed by atoms with Crippen LogP contribution < -0.4 is 5.32 Å². The molecule has 1 atom stereocenters. The average Bonchev–Trinajstić information content (AvgIpc) is 2.85. The molecule has 0 bridgehead atoms. The van der Waals surface area contributed by atoms with Gasteiger partial charge in [-0.3, -0.25) is 9.48 Å². The molecule has 1 aromatic rings. The highest BCUT2D eigenvalue weighted by molar-refractivity contribution is 5.70. The smallest absolute Gasteiger partial charge is 0.307 e. The molecule has 1 rings (SSSR count). The van der Waals surface area contributed by atoms with E-state index in [2.05, 4.69) is 10.4 Å². The summed E-state index contributed by atoms with van der Waals surface area (Å²) in [5.74, 6) is -0.688. The Bertz CT molecular complexity index is 418. The minimum Gasteiger partial charge on any atom is -0.481 e. The summed E-state index contributed by atoms with van der Waals surface area (Å²) in [5.41, 5.74) is 1.07. The summed E-state index contributed by atoms with van der Waals surface area (Å²) in [4.78, 5) is 11.2. The van der Waals surface area contributed by atoms with E-state index < -0.39 is 5.97 Å². The summed E-state index contributed by atoms with van der Waals surface area (Å²) in [6.07, 6.45) is 3.37. The fraction of sp³-hybridized carbons (Fsp3) is 0.733. The van der Waals surface area contributed by atoms with Crippen LogP contribution in [0.5, 0.6) is 0 Å². The second-order valence-electron chi connectivity index (χ2n) is 5.69. The van der Waals surface area contributed by atoms with Gasteiger partial charge >= 0.3 is 5.97 Å². The second-order valence-corrected chi connectivity index (χ2v) is 5.69. The van der Waals surface area contributed by atoms with E-state index in [0.717, 1.165) is 18.7 Å². The molecule has 0 aromatic carbocycles. The van der Waals surface area contributed by atoms with Crippen molar-refractivity contribution < 1.29 is 14.6 Å². The fourth-order valence-electron chi connectivity index (χ4n) is 2.29. The number of carboxylic acids is 1. The molecule has 0 spiro atoms. The molecule has 6 nitrogen and oxygen atoms in total. The van der Waals surface area contributed by atoms with E-state index in [-0.39, 0.29) is 5.92 Å². The summed E-state index contributed by atoms with van der Waals surface area (Å²) in [7, 11) is 1.69. The molecule has 1 unspecified atom stereocenters. The molecule has 0 radical (unpaired) electrons. The van der Waals surface area contributed by atoms with Crippen LogP contribution >= 0.6 is 0 Å². The zero-order chi connectivity index (χ0) is 15.7. The van der Waals surface area contributed by atoms with Crippen LogP contribution in [0.1, 0.15) is 32.4 Å². The van der Waals surface area contributed by atoms with Crippen molar-refractivity contribution in [3.63, 3.8) is 0 Å². The molecule has 2 N–H and O–H groups in total. The highest BCUT2D eigenvalue weighted by atomic mass is 16.5. The number of rotatable bonds is 11. The van der Waals surface area contributed by atoms with E-state index in [1.54, 1.807) is 13.3 Å². The Morgan fingerprint density at radius 3 is 2.90 bits per heavy atom. The third-order valence-electron chi connectivity index (χ3n) is 3.32. The van der Waals surface area contributed by atoms with Gasteiger partial charge in [0, 0.05) is 39.5 Å². The van der Waals surface area contributed by atoms with Gasteiger partial charge in [-0.15, -0.1) is 0 Å². The number of aliphatic carboxylic acids is 1. The van der Waals surface area contributed by atoms with Gasteiger partial charge in [0.05, 0.1) is 11.6 Å². The van der Waals surface area contributed by atoms with Gasteiger partial charge in [-0.1, -0.05) is 13.8 Å². The van der Waals surface area contributed by atoms with Crippen molar-refractivity contribution in [2.45, 2.75) is 39.8 Å². The van der Waals surface area contributed by atoms with Crippen LogP contribution in [-0.2, 0) is 22.6 Å². The van der Waals surface area contributed by atoms with Crippen molar-refractivity contribution in [1.82, 2.24) is 15.1 Å². The SMILES string of the molecule is COCCCn1nccc1CNCC(CC(C)C)C(=O)O. The monoisotopic (exact) mass is 297 g/mol. The predicted octanol–water partition coefficient (Wildman–Crippen LogP) is 1.76. The van der Waals surface area contributed by atoms with Gasteiger partial charge in [-0.05, 0) is 24.8 Å². The van der Waals surface area contributed by atoms with Crippen LogP contribution in [0, 0.1) is 11.8 Å². The first-order valence-electron chi connectivity index (χ1n) is 7.47. The van der Waals surface area contributed by atoms with E-state index in [1.807, 2.05) is 24.6 Å². The molecule has 6 heteroatoms. The van der Waals surface area contributed by atoms with E-state index in [4.69, 9.17) is 4.74 Å². The Kier molecular flexibility index (Phi) is 8.00. The number of aryl methyl sites for hydroxylation is 1. The minimum absolute atomic E-state index is 0.338. The number of nitrogens with one attached hydrogen (secondary N) is 1. The molecular weight excluding hydrogens is 270 g/mol. The van der Waals surface area contributed by atoms with Crippen molar-refractivity contribution in [1.29, 1.82) is 0 Å². The Morgan fingerprint density at radius 2 is 2.29 bits per heavy atom. The van der Waals surface area contributed by atoms with E-state index in [1.165, 1.54) is 0 Å². The Balaban J connectivity index is 2.40. The third kappa shape index (κ3) is 6.73. The molecule has 0 aliphatic carbocycles.